The number of benzene rings is 2. The van der Waals surface area contributed by atoms with Gasteiger partial charge >= 0.3 is 0 Å². The average molecular weight is 327 g/mol. The van der Waals surface area contributed by atoms with Crippen molar-refractivity contribution in [2.45, 2.75) is 26.7 Å². The van der Waals surface area contributed by atoms with Gasteiger partial charge in [-0.3, -0.25) is 4.79 Å². The van der Waals surface area contributed by atoms with E-state index in [1.807, 2.05) is 56.3 Å². The maximum absolute atomic E-state index is 11.8. The molecule has 0 aliphatic rings. The van der Waals surface area contributed by atoms with Gasteiger partial charge in [-0.1, -0.05) is 36.4 Å². The number of nitrogens with one attached hydrogen (secondary N) is 1. The molecule has 0 fully saturated rings. The van der Waals surface area contributed by atoms with Gasteiger partial charge in [0.2, 0.25) is 0 Å². The molecule has 2 aromatic rings. The van der Waals surface area contributed by atoms with Crippen molar-refractivity contribution in [3.8, 4) is 11.5 Å². The van der Waals surface area contributed by atoms with Gasteiger partial charge in [-0.25, -0.2) is 0 Å². The molecule has 0 unspecified atom stereocenters. The van der Waals surface area contributed by atoms with Crippen LogP contribution in [0.4, 0.5) is 0 Å². The first-order valence-electron chi connectivity index (χ1n) is 8.36. The molecule has 2 aromatic carbocycles. The number of rotatable bonds is 9. The Hall–Kier alpha value is -2.49. The number of amides is 1. The fourth-order valence-electron chi connectivity index (χ4n) is 2.43. The topological polar surface area (TPSA) is 47.6 Å². The first kappa shape index (κ1) is 17.9. The first-order chi connectivity index (χ1) is 11.7. The SMILES string of the molecule is CCOc1ccccc1CCCNC(=O)COc1ccccc1C. The van der Waals surface area contributed by atoms with E-state index in [1.165, 1.54) is 5.56 Å². The molecular formula is C20H25NO3. The maximum atomic E-state index is 11.8. The van der Waals surface area contributed by atoms with Gasteiger partial charge in [-0.05, 0) is 49.9 Å². The van der Waals surface area contributed by atoms with Crippen molar-refractivity contribution in [2.75, 3.05) is 19.8 Å². The summed E-state index contributed by atoms with van der Waals surface area (Å²) in [6, 6.07) is 15.7. The Kier molecular flexibility index (Phi) is 7.15. The summed E-state index contributed by atoms with van der Waals surface area (Å²) < 4.78 is 11.1. The number of carbonyl (C=O) groups excluding carboxylic acids is 1. The Balaban J connectivity index is 1.69. The van der Waals surface area contributed by atoms with E-state index < -0.39 is 0 Å². The fraction of sp³-hybridized carbons (Fsp3) is 0.350. The van der Waals surface area contributed by atoms with Gasteiger partial charge in [0.25, 0.3) is 5.91 Å². The van der Waals surface area contributed by atoms with Crippen molar-refractivity contribution in [3.63, 3.8) is 0 Å². The highest BCUT2D eigenvalue weighted by Crippen LogP contribution is 2.19. The number of hydrogen-bond donors (Lipinski definition) is 1. The molecule has 0 aliphatic heterocycles. The van der Waals surface area contributed by atoms with Gasteiger partial charge in [-0.2, -0.15) is 0 Å². The normalized spacial score (nSPS) is 10.2. The number of ether oxygens (including phenoxy) is 2. The summed E-state index contributed by atoms with van der Waals surface area (Å²) in [5, 5.41) is 2.89. The minimum absolute atomic E-state index is 0.0420. The molecule has 0 aliphatic carbocycles. The second-order valence-electron chi connectivity index (χ2n) is 5.55. The van der Waals surface area contributed by atoms with E-state index in [1.54, 1.807) is 0 Å². The zero-order chi connectivity index (χ0) is 17.2. The average Bonchev–Trinajstić information content (AvgIpc) is 2.59. The molecule has 0 aromatic heterocycles. The fourth-order valence-corrected chi connectivity index (χ4v) is 2.43. The zero-order valence-corrected chi connectivity index (χ0v) is 14.4. The zero-order valence-electron chi connectivity index (χ0n) is 14.4. The summed E-state index contributed by atoms with van der Waals surface area (Å²) >= 11 is 0. The van der Waals surface area contributed by atoms with Crippen molar-refractivity contribution in [3.05, 3.63) is 59.7 Å². The molecule has 0 saturated heterocycles. The molecule has 4 nitrogen and oxygen atoms in total. The molecule has 1 amide bonds. The van der Waals surface area contributed by atoms with E-state index in [9.17, 15) is 4.79 Å². The van der Waals surface area contributed by atoms with Gasteiger partial charge in [0.1, 0.15) is 11.5 Å². The largest absolute Gasteiger partial charge is 0.494 e. The molecule has 24 heavy (non-hydrogen) atoms. The third-order valence-electron chi connectivity index (χ3n) is 3.67. The van der Waals surface area contributed by atoms with Crippen LogP contribution in [-0.4, -0.2) is 25.7 Å². The number of para-hydroxylation sites is 2. The van der Waals surface area contributed by atoms with Gasteiger partial charge in [0.05, 0.1) is 6.61 Å². The summed E-state index contributed by atoms with van der Waals surface area (Å²) in [5.74, 6) is 1.57. The van der Waals surface area contributed by atoms with E-state index in [2.05, 4.69) is 11.4 Å². The van der Waals surface area contributed by atoms with E-state index in [4.69, 9.17) is 9.47 Å². The van der Waals surface area contributed by atoms with Gasteiger partial charge < -0.3 is 14.8 Å². The summed E-state index contributed by atoms with van der Waals surface area (Å²) in [6.07, 6.45) is 1.73. The predicted molar refractivity (Wildman–Crippen MR) is 95.6 cm³/mol. The molecule has 2 rings (SSSR count). The third kappa shape index (κ3) is 5.61. The minimum Gasteiger partial charge on any atom is -0.494 e. The van der Waals surface area contributed by atoms with Gasteiger partial charge in [0.15, 0.2) is 6.61 Å². The van der Waals surface area contributed by atoms with Crippen LogP contribution in [-0.2, 0) is 11.2 Å². The van der Waals surface area contributed by atoms with Gasteiger partial charge in [-0.15, -0.1) is 0 Å². The molecule has 0 radical (unpaired) electrons. The van der Waals surface area contributed by atoms with Crippen LogP contribution in [0, 0.1) is 6.92 Å². The highest BCUT2D eigenvalue weighted by molar-refractivity contribution is 5.77. The van der Waals surface area contributed by atoms with Crippen LogP contribution in [0.25, 0.3) is 0 Å². The van der Waals surface area contributed by atoms with Crippen molar-refractivity contribution in [1.29, 1.82) is 0 Å². The van der Waals surface area contributed by atoms with E-state index in [-0.39, 0.29) is 12.5 Å². The number of aryl methyl sites for hydroxylation is 2. The second-order valence-corrected chi connectivity index (χ2v) is 5.55. The van der Waals surface area contributed by atoms with Crippen LogP contribution >= 0.6 is 0 Å². The predicted octanol–water partition coefficient (Wildman–Crippen LogP) is 3.52. The monoisotopic (exact) mass is 327 g/mol. The van der Waals surface area contributed by atoms with E-state index >= 15 is 0 Å². The Morgan fingerprint density at radius 3 is 2.46 bits per heavy atom. The Morgan fingerprint density at radius 2 is 1.71 bits per heavy atom. The van der Waals surface area contributed by atoms with Crippen molar-refractivity contribution in [2.24, 2.45) is 0 Å². The second kappa shape index (κ2) is 9.60. The Bertz CT molecular complexity index is 655. The summed E-state index contributed by atoms with van der Waals surface area (Å²) in [6.45, 7) is 5.26. The van der Waals surface area contributed by atoms with Crippen molar-refractivity contribution >= 4 is 5.91 Å². The molecule has 0 spiro atoms. The van der Waals surface area contributed by atoms with Crippen LogP contribution in [0.2, 0.25) is 0 Å². The molecule has 0 saturated carbocycles. The number of hydrogen-bond acceptors (Lipinski definition) is 3. The lowest BCUT2D eigenvalue weighted by atomic mass is 10.1. The number of carbonyl (C=O) groups is 1. The standard InChI is InChI=1S/C20H25NO3/c1-3-23-19-13-7-5-10-17(19)11-8-14-21-20(22)15-24-18-12-6-4-9-16(18)2/h4-7,9-10,12-13H,3,8,11,14-15H2,1-2H3,(H,21,22). The summed E-state index contributed by atoms with van der Waals surface area (Å²) in [4.78, 5) is 11.8. The van der Waals surface area contributed by atoms with Crippen LogP contribution in [0.3, 0.4) is 0 Å². The summed E-state index contributed by atoms with van der Waals surface area (Å²) in [7, 11) is 0. The molecule has 4 heteroatoms. The Morgan fingerprint density at radius 1 is 1.00 bits per heavy atom. The quantitative estimate of drug-likeness (QED) is 0.717. The molecule has 0 heterocycles. The third-order valence-corrected chi connectivity index (χ3v) is 3.67. The van der Waals surface area contributed by atoms with E-state index in [0.717, 1.165) is 29.9 Å². The highest BCUT2D eigenvalue weighted by atomic mass is 16.5. The molecule has 0 bridgehead atoms. The van der Waals surface area contributed by atoms with Crippen LogP contribution in [0.1, 0.15) is 24.5 Å². The molecule has 128 valence electrons. The maximum Gasteiger partial charge on any atom is 0.257 e. The molecule has 0 atom stereocenters. The highest BCUT2D eigenvalue weighted by Gasteiger charge is 2.05. The van der Waals surface area contributed by atoms with E-state index in [0.29, 0.717) is 13.2 Å². The van der Waals surface area contributed by atoms with Crippen molar-refractivity contribution in [1.82, 2.24) is 5.32 Å². The van der Waals surface area contributed by atoms with Crippen LogP contribution < -0.4 is 14.8 Å². The van der Waals surface area contributed by atoms with Crippen molar-refractivity contribution < 1.29 is 14.3 Å². The summed E-state index contributed by atoms with van der Waals surface area (Å²) in [5.41, 5.74) is 2.20. The lowest BCUT2D eigenvalue weighted by Gasteiger charge is -2.11. The molecule has 1 N–H and O–H groups in total. The lowest BCUT2D eigenvalue weighted by molar-refractivity contribution is -0.123. The smallest absolute Gasteiger partial charge is 0.257 e. The molecular weight excluding hydrogens is 302 g/mol. The van der Waals surface area contributed by atoms with Crippen LogP contribution in [0.5, 0.6) is 11.5 Å². The Labute approximate surface area is 143 Å². The first-order valence-corrected chi connectivity index (χ1v) is 8.36. The van der Waals surface area contributed by atoms with Crippen LogP contribution in [0.15, 0.2) is 48.5 Å². The minimum atomic E-state index is -0.101. The van der Waals surface area contributed by atoms with Gasteiger partial charge in [0, 0.05) is 6.54 Å². The lowest BCUT2D eigenvalue weighted by Crippen LogP contribution is -2.30.